The predicted molar refractivity (Wildman–Crippen MR) is 76.3 cm³/mol. The normalized spacial score (nSPS) is 15.8. The van der Waals surface area contributed by atoms with E-state index in [9.17, 15) is 4.79 Å². The van der Waals surface area contributed by atoms with Gasteiger partial charge >= 0.3 is 0 Å². The Morgan fingerprint density at radius 3 is 2.65 bits per heavy atom. The van der Waals surface area contributed by atoms with Gasteiger partial charge in [-0.05, 0) is 49.9 Å². The van der Waals surface area contributed by atoms with Gasteiger partial charge < -0.3 is 9.64 Å². The number of nitriles is 1. The van der Waals surface area contributed by atoms with E-state index in [1.807, 2.05) is 32.0 Å². The lowest BCUT2D eigenvalue weighted by molar-refractivity contribution is -0.134. The maximum Gasteiger partial charge on any atom is 0.260 e. The second-order valence-corrected chi connectivity index (χ2v) is 5.32. The van der Waals surface area contributed by atoms with Crippen molar-refractivity contribution in [1.29, 1.82) is 5.26 Å². The molecule has 0 atom stereocenters. The van der Waals surface area contributed by atoms with Crippen LogP contribution in [0.4, 0.5) is 0 Å². The van der Waals surface area contributed by atoms with Crippen LogP contribution in [-0.4, -0.2) is 30.5 Å². The molecule has 20 heavy (non-hydrogen) atoms. The minimum atomic E-state index is -0.000354. The third-order valence-corrected chi connectivity index (χ3v) is 3.87. The molecule has 0 aliphatic carbocycles. The quantitative estimate of drug-likeness (QED) is 0.849. The van der Waals surface area contributed by atoms with Crippen LogP contribution in [0.15, 0.2) is 18.2 Å². The number of nitrogens with zero attached hydrogens (tertiary/aromatic N) is 2. The molecule has 4 heteroatoms. The van der Waals surface area contributed by atoms with Crippen molar-refractivity contribution < 1.29 is 9.53 Å². The average molecular weight is 272 g/mol. The van der Waals surface area contributed by atoms with Crippen molar-refractivity contribution in [3.8, 4) is 11.8 Å². The van der Waals surface area contributed by atoms with Gasteiger partial charge in [0.2, 0.25) is 0 Å². The van der Waals surface area contributed by atoms with Gasteiger partial charge in [0, 0.05) is 19.0 Å². The molecule has 1 amide bonds. The van der Waals surface area contributed by atoms with Gasteiger partial charge in [-0.2, -0.15) is 5.26 Å². The number of benzene rings is 1. The number of piperidine rings is 1. The fraction of sp³-hybridized carbons (Fsp3) is 0.500. The number of hydrogen-bond acceptors (Lipinski definition) is 3. The van der Waals surface area contributed by atoms with Crippen LogP contribution in [0.2, 0.25) is 0 Å². The molecule has 4 nitrogen and oxygen atoms in total. The van der Waals surface area contributed by atoms with Gasteiger partial charge in [0.05, 0.1) is 6.07 Å². The van der Waals surface area contributed by atoms with Crippen LogP contribution in [0.5, 0.6) is 5.75 Å². The molecule has 1 aliphatic rings. The summed E-state index contributed by atoms with van der Waals surface area (Å²) in [5.74, 6) is 0.827. The van der Waals surface area contributed by atoms with Gasteiger partial charge in [0.15, 0.2) is 6.61 Å². The first-order valence-electron chi connectivity index (χ1n) is 6.97. The van der Waals surface area contributed by atoms with Gasteiger partial charge in [0.1, 0.15) is 5.75 Å². The van der Waals surface area contributed by atoms with Crippen molar-refractivity contribution >= 4 is 5.91 Å². The number of ether oxygens (including phenoxy) is 1. The van der Waals surface area contributed by atoms with E-state index >= 15 is 0 Å². The van der Waals surface area contributed by atoms with Crippen molar-refractivity contribution in [3.05, 3.63) is 29.3 Å². The second kappa shape index (κ2) is 6.42. The van der Waals surface area contributed by atoms with Crippen LogP contribution >= 0.6 is 0 Å². The zero-order valence-electron chi connectivity index (χ0n) is 12.1. The van der Waals surface area contributed by atoms with Crippen molar-refractivity contribution in [3.63, 3.8) is 0 Å². The Morgan fingerprint density at radius 2 is 2.05 bits per heavy atom. The van der Waals surface area contributed by atoms with Crippen LogP contribution in [0.1, 0.15) is 24.0 Å². The molecule has 1 saturated heterocycles. The number of amides is 1. The summed E-state index contributed by atoms with van der Waals surface area (Å²) in [7, 11) is 0. The largest absolute Gasteiger partial charge is 0.484 e. The molecule has 1 heterocycles. The third-order valence-electron chi connectivity index (χ3n) is 3.87. The first-order chi connectivity index (χ1) is 9.60. The fourth-order valence-electron chi connectivity index (χ4n) is 2.30. The molecular formula is C16H20N2O2. The molecule has 0 unspecified atom stereocenters. The summed E-state index contributed by atoms with van der Waals surface area (Å²) in [5.41, 5.74) is 2.37. The van der Waals surface area contributed by atoms with Crippen LogP contribution in [0.3, 0.4) is 0 Å². The first kappa shape index (κ1) is 14.4. The number of hydrogen-bond donors (Lipinski definition) is 0. The summed E-state index contributed by atoms with van der Waals surface area (Å²) in [6.07, 6.45) is 1.54. The van der Waals surface area contributed by atoms with Crippen molar-refractivity contribution in [2.24, 2.45) is 5.92 Å². The molecule has 1 aromatic carbocycles. The van der Waals surface area contributed by atoms with E-state index in [4.69, 9.17) is 10.00 Å². The zero-order chi connectivity index (χ0) is 14.5. The molecule has 1 fully saturated rings. The van der Waals surface area contributed by atoms with Crippen LogP contribution in [0, 0.1) is 31.1 Å². The van der Waals surface area contributed by atoms with E-state index in [0.29, 0.717) is 13.1 Å². The minimum Gasteiger partial charge on any atom is -0.484 e. The highest BCUT2D eigenvalue weighted by Crippen LogP contribution is 2.18. The van der Waals surface area contributed by atoms with Gasteiger partial charge in [0.25, 0.3) is 5.91 Å². The van der Waals surface area contributed by atoms with Gasteiger partial charge in [-0.25, -0.2) is 0 Å². The maximum absolute atomic E-state index is 12.0. The minimum absolute atomic E-state index is 0.000354. The van der Waals surface area contributed by atoms with Gasteiger partial charge in [-0.15, -0.1) is 0 Å². The lowest BCUT2D eigenvalue weighted by Crippen LogP contribution is -2.40. The van der Waals surface area contributed by atoms with E-state index in [1.54, 1.807) is 4.90 Å². The standard InChI is InChI=1S/C16H20N2O2/c1-12-3-4-15(9-13(12)2)20-11-16(19)18-7-5-14(10-17)6-8-18/h3-4,9,14H,5-8,11H2,1-2H3. The van der Waals surface area contributed by atoms with E-state index in [0.717, 1.165) is 24.2 Å². The molecule has 1 aliphatic heterocycles. The van der Waals surface area contributed by atoms with E-state index in [-0.39, 0.29) is 18.4 Å². The molecular weight excluding hydrogens is 252 g/mol. The molecule has 0 bridgehead atoms. The van der Waals surface area contributed by atoms with E-state index in [2.05, 4.69) is 6.07 Å². The first-order valence-corrected chi connectivity index (χ1v) is 6.97. The molecule has 0 aromatic heterocycles. The summed E-state index contributed by atoms with van der Waals surface area (Å²) in [4.78, 5) is 13.8. The number of likely N-dealkylation sites (tertiary alicyclic amines) is 1. The highest BCUT2D eigenvalue weighted by molar-refractivity contribution is 5.77. The highest BCUT2D eigenvalue weighted by Gasteiger charge is 2.22. The summed E-state index contributed by atoms with van der Waals surface area (Å²) in [6.45, 7) is 5.46. The Bertz CT molecular complexity index is 526. The van der Waals surface area contributed by atoms with E-state index in [1.165, 1.54) is 5.56 Å². The lowest BCUT2D eigenvalue weighted by atomic mass is 9.99. The van der Waals surface area contributed by atoms with Crippen LogP contribution in [0.25, 0.3) is 0 Å². The third kappa shape index (κ3) is 3.51. The Kier molecular flexibility index (Phi) is 4.62. The summed E-state index contributed by atoms with van der Waals surface area (Å²) in [6, 6.07) is 8.09. The Hall–Kier alpha value is -2.02. The SMILES string of the molecule is Cc1ccc(OCC(=O)N2CCC(C#N)CC2)cc1C. The predicted octanol–water partition coefficient (Wildman–Crippen LogP) is 2.44. The Labute approximate surface area is 120 Å². The molecule has 0 saturated carbocycles. The number of rotatable bonds is 3. The summed E-state index contributed by atoms with van der Waals surface area (Å²) >= 11 is 0. The van der Waals surface area contributed by atoms with Crippen molar-refractivity contribution in [2.45, 2.75) is 26.7 Å². The maximum atomic E-state index is 12.0. The number of carbonyl (C=O) groups is 1. The molecule has 0 spiro atoms. The van der Waals surface area contributed by atoms with Crippen LogP contribution < -0.4 is 4.74 Å². The number of carbonyl (C=O) groups excluding carboxylic acids is 1. The highest BCUT2D eigenvalue weighted by atomic mass is 16.5. The molecule has 2 rings (SSSR count). The summed E-state index contributed by atoms with van der Waals surface area (Å²) < 4.78 is 5.55. The topological polar surface area (TPSA) is 53.3 Å². The Balaban J connectivity index is 1.83. The molecule has 106 valence electrons. The van der Waals surface area contributed by atoms with Gasteiger partial charge in [-0.1, -0.05) is 6.07 Å². The Morgan fingerprint density at radius 1 is 1.35 bits per heavy atom. The lowest BCUT2D eigenvalue weighted by Gasteiger charge is -2.29. The second-order valence-electron chi connectivity index (χ2n) is 5.32. The average Bonchev–Trinajstić information content (AvgIpc) is 2.48. The zero-order valence-corrected chi connectivity index (χ0v) is 12.1. The van der Waals surface area contributed by atoms with E-state index < -0.39 is 0 Å². The fourth-order valence-corrected chi connectivity index (χ4v) is 2.30. The molecule has 1 aromatic rings. The smallest absolute Gasteiger partial charge is 0.260 e. The molecule has 0 N–H and O–H groups in total. The van der Waals surface area contributed by atoms with Crippen molar-refractivity contribution in [2.75, 3.05) is 19.7 Å². The van der Waals surface area contributed by atoms with Gasteiger partial charge in [-0.3, -0.25) is 4.79 Å². The summed E-state index contributed by atoms with van der Waals surface area (Å²) in [5, 5.41) is 8.84. The monoisotopic (exact) mass is 272 g/mol. The van der Waals surface area contributed by atoms with Crippen molar-refractivity contribution in [1.82, 2.24) is 4.90 Å². The molecule has 0 radical (unpaired) electrons. The van der Waals surface area contributed by atoms with Crippen LogP contribution in [-0.2, 0) is 4.79 Å². The number of aryl methyl sites for hydroxylation is 2.